The predicted octanol–water partition coefficient (Wildman–Crippen LogP) is 3.45. The molecule has 4 heteroatoms. The zero-order valence-corrected chi connectivity index (χ0v) is 11.1. The fourth-order valence-electron chi connectivity index (χ4n) is 2.47. The molecule has 0 bridgehead atoms. The van der Waals surface area contributed by atoms with Crippen LogP contribution in [0.2, 0.25) is 5.02 Å². The van der Waals surface area contributed by atoms with Crippen molar-refractivity contribution in [1.29, 1.82) is 0 Å². The summed E-state index contributed by atoms with van der Waals surface area (Å²) in [6, 6.07) is 5.67. The van der Waals surface area contributed by atoms with Crippen LogP contribution in [0.15, 0.2) is 18.2 Å². The first-order valence-corrected chi connectivity index (χ1v) is 6.49. The van der Waals surface area contributed by atoms with Crippen molar-refractivity contribution in [2.45, 2.75) is 31.8 Å². The summed E-state index contributed by atoms with van der Waals surface area (Å²) in [7, 11) is 1.63. The minimum atomic E-state index is -0.768. The quantitative estimate of drug-likeness (QED) is 0.859. The van der Waals surface area contributed by atoms with E-state index in [0.717, 1.165) is 24.0 Å². The van der Waals surface area contributed by atoms with Crippen LogP contribution in [0.5, 0.6) is 0 Å². The number of benzene rings is 1. The Morgan fingerprint density at radius 3 is 2.83 bits per heavy atom. The van der Waals surface area contributed by atoms with E-state index in [0.29, 0.717) is 17.5 Å². The first-order valence-electron chi connectivity index (χ1n) is 6.11. The molecule has 98 valence electrons. The van der Waals surface area contributed by atoms with E-state index in [9.17, 15) is 4.79 Å². The molecule has 0 aliphatic heterocycles. The van der Waals surface area contributed by atoms with Crippen LogP contribution < -0.4 is 0 Å². The van der Waals surface area contributed by atoms with Gasteiger partial charge in [-0.05, 0) is 41.9 Å². The van der Waals surface area contributed by atoms with Gasteiger partial charge >= 0.3 is 5.97 Å². The number of aliphatic carboxylic acids is 1. The van der Waals surface area contributed by atoms with Crippen molar-refractivity contribution in [3.63, 3.8) is 0 Å². The van der Waals surface area contributed by atoms with Gasteiger partial charge in [0.15, 0.2) is 0 Å². The van der Waals surface area contributed by atoms with Gasteiger partial charge in [-0.2, -0.15) is 0 Å². The predicted molar refractivity (Wildman–Crippen MR) is 69.9 cm³/mol. The Bertz CT molecular complexity index is 441. The lowest BCUT2D eigenvalue weighted by Gasteiger charge is -2.20. The van der Waals surface area contributed by atoms with Gasteiger partial charge in [-0.15, -0.1) is 0 Å². The normalized spacial score (nSPS) is 16.6. The number of hydrogen-bond acceptors (Lipinski definition) is 2. The zero-order valence-electron chi connectivity index (χ0n) is 10.4. The van der Waals surface area contributed by atoms with Gasteiger partial charge in [0.05, 0.1) is 13.0 Å². The molecule has 0 heterocycles. The second-order valence-electron chi connectivity index (χ2n) is 4.79. The lowest BCUT2D eigenvalue weighted by Crippen LogP contribution is -2.11. The van der Waals surface area contributed by atoms with Gasteiger partial charge in [0.1, 0.15) is 0 Å². The standard InChI is InChI=1S/C14H17ClO3/c1-18-8-10-3-2-4-12(15)14(10)11(7-13(16)17)9-5-6-9/h2-4,9,11H,5-8H2,1H3,(H,16,17). The van der Waals surface area contributed by atoms with Gasteiger partial charge in [0.2, 0.25) is 0 Å². The number of methoxy groups -OCH3 is 1. The summed E-state index contributed by atoms with van der Waals surface area (Å²) in [5.74, 6) is -0.298. The number of carboxylic acid groups (broad SMARTS) is 1. The summed E-state index contributed by atoms with van der Waals surface area (Å²) in [5.41, 5.74) is 1.97. The number of carboxylic acids is 1. The molecule has 1 saturated carbocycles. The highest BCUT2D eigenvalue weighted by Crippen LogP contribution is 2.47. The zero-order chi connectivity index (χ0) is 13.1. The third kappa shape index (κ3) is 3.03. The van der Waals surface area contributed by atoms with Gasteiger partial charge < -0.3 is 9.84 Å². The van der Waals surface area contributed by atoms with E-state index in [1.807, 2.05) is 18.2 Å². The maximum Gasteiger partial charge on any atom is 0.303 e. The topological polar surface area (TPSA) is 46.5 Å². The molecule has 1 aliphatic carbocycles. The Morgan fingerprint density at radius 1 is 1.56 bits per heavy atom. The number of carbonyl (C=O) groups is 1. The molecule has 1 atom stereocenters. The van der Waals surface area contributed by atoms with Crippen molar-refractivity contribution in [3.05, 3.63) is 34.3 Å². The summed E-state index contributed by atoms with van der Waals surface area (Å²) in [6.07, 6.45) is 2.33. The molecule has 0 spiro atoms. The molecule has 1 aromatic rings. The van der Waals surface area contributed by atoms with Crippen molar-refractivity contribution < 1.29 is 14.6 Å². The molecule has 0 amide bonds. The molecular weight excluding hydrogens is 252 g/mol. The van der Waals surface area contributed by atoms with Gasteiger partial charge in [0.25, 0.3) is 0 Å². The second-order valence-corrected chi connectivity index (χ2v) is 5.19. The van der Waals surface area contributed by atoms with Crippen LogP contribution in [-0.2, 0) is 16.1 Å². The van der Waals surface area contributed by atoms with Crippen LogP contribution >= 0.6 is 11.6 Å². The molecule has 1 fully saturated rings. The smallest absolute Gasteiger partial charge is 0.303 e. The van der Waals surface area contributed by atoms with E-state index in [2.05, 4.69) is 0 Å². The summed E-state index contributed by atoms with van der Waals surface area (Å²) < 4.78 is 5.17. The van der Waals surface area contributed by atoms with Crippen molar-refractivity contribution in [3.8, 4) is 0 Å². The van der Waals surface area contributed by atoms with Crippen molar-refractivity contribution in [2.75, 3.05) is 7.11 Å². The molecule has 0 saturated heterocycles. The van der Waals surface area contributed by atoms with E-state index in [-0.39, 0.29) is 12.3 Å². The average molecular weight is 269 g/mol. The monoisotopic (exact) mass is 268 g/mol. The highest BCUT2D eigenvalue weighted by Gasteiger charge is 2.35. The van der Waals surface area contributed by atoms with E-state index in [4.69, 9.17) is 21.4 Å². The average Bonchev–Trinajstić information content (AvgIpc) is 3.11. The number of ether oxygens (including phenoxy) is 1. The molecule has 18 heavy (non-hydrogen) atoms. The molecule has 2 rings (SSSR count). The number of halogens is 1. The molecule has 0 radical (unpaired) electrons. The number of hydrogen-bond donors (Lipinski definition) is 1. The Kier molecular flexibility index (Phi) is 4.25. The van der Waals surface area contributed by atoms with Crippen LogP contribution in [0, 0.1) is 5.92 Å². The third-order valence-corrected chi connectivity index (χ3v) is 3.73. The molecule has 1 N–H and O–H groups in total. The molecule has 1 aromatic carbocycles. The van der Waals surface area contributed by atoms with Crippen LogP contribution in [0.1, 0.15) is 36.3 Å². The van der Waals surface area contributed by atoms with Crippen molar-refractivity contribution >= 4 is 17.6 Å². The van der Waals surface area contributed by atoms with Gasteiger partial charge in [-0.25, -0.2) is 0 Å². The van der Waals surface area contributed by atoms with E-state index in [1.165, 1.54) is 0 Å². The van der Waals surface area contributed by atoms with E-state index < -0.39 is 5.97 Å². The molecule has 1 unspecified atom stereocenters. The van der Waals surface area contributed by atoms with Crippen LogP contribution in [-0.4, -0.2) is 18.2 Å². The Balaban J connectivity index is 2.35. The minimum Gasteiger partial charge on any atom is -0.481 e. The highest BCUT2D eigenvalue weighted by atomic mass is 35.5. The fourth-order valence-corrected chi connectivity index (χ4v) is 2.80. The first kappa shape index (κ1) is 13.4. The fraction of sp³-hybridized carbons (Fsp3) is 0.500. The van der Waals surface area contributed by atoms with Crippen molar-refractivity contribution in [1.82, 2.24) is 0 Å². The SMILES string of the molecule is COCc1cccc(Cl)c1C(CC(=O)O)C1CC1. The van der Waals surface area contributed by atoms with E-state index in [1.54, 1.807) is 7.11 Å². The van der Waals surface area contributed by atoms with Gasteiger partial charge in [0, 0.05) is 12.1 Å². The van der Waals surface area contributed by atoms with Crippen LogP contribution in [0.3, 0.4) is 0 Å². The molecule has 1 aliphatic rings. The molecular formula is C14H17ClO3. The third-order valence-electron chi connectivity index (χ3n) is 3.40. The highest BCUT2D eigenvalue weighted by molar-refractivity contribution is 6.31. The van der Waals surface area contributed by atoms with Crippen LogP contribution in [0.4, 0.5) is 0 Å². The Morgan fingerprint density at radius 2 is 2.28 bits per heavy atom. The molecule has 3 nitrogen and oxygen atoms in total. The van der Waals surface area contributed by atoms with Crippen LogP contribution in [0.25, 0.3) is 0 Å². The Labute approximate surface area is 112 Å². The second kappa shape index (κ2) is 5.72. The minimum absolute atomic E-state index is 0.0151. The maximum absolute atomic E-state index is 11.0. The largest absolute Gasteiger partial charge is 0.481 e. The number of rotatable bonds is 6. The first-order chi connectivity index (χ1) is 8.63. The lowest BCUT2D eigenvalue weighted by molar-refractivity contribution is -0.137. The van der Waals surface area contributed by atoms with Gasteiger partial charge in [-0.3, -0.25) is 4.79 Å². The summed E-state index contributed by atoms with van der Waals surface area (Å²) in [6.45, 7) is 0.471. The Hall–Kier alpha value is -1.06. The molecule has 0 aromatic heterocycles. The maximum atomic E-state index is 11.0. The summed E-state index contributed by atoms with van der Waals surface area (Å²) in [4.78, 5) is 11.0. The van der Waals surface area contributed by atoms with E-state index >= 15 is 0 Å². The summed E-state index contributed by atoms with van der Waals surface area (Å²) in [5, 5.41) is 9.71. The van der Waals surface area contributed by atoms with Crippen molar-refractivity contribution in [2.24, 2.45) is 5.92 Å². The van der Waals surface area contributed by atoms with Gasteiger partial charge in [-0.1, -0.05) is 23.7 Å². The lowest BCUT2D eigenvalue weighted by atomic mass is 9.87. The summed E-state index contributed by atoms with van der Waals surface area (Å²) >= 11 is 6.27.